The third-order valence-corrected chi connectivity index (χ3v) is 6.73. The molecule has 10 heteroatoms. The van der Waals surface area contributed by atoms with E-state index in [1.54, 1.807) is 35.2 Å². The van der Waals surface area contributed by atoms with Crippen molar-refractivity contribution in [2.75, 3.05) is 25.4 Å². The molecule has 2 aromatic rings. The van der Waals surface area contributed by atoms with Crippen LogP contribution in [0.2, 0.25) is 0 Å². The van der Waals surface area contributed by atoms with E-state index in [4.69, 9.17) is 14.9 Å². The lowest BCUT2D eigenvalue weighted by atomic mass is 10.1. The molecule has 0 unspecified atom stereocenters. The second kappa shape index (κ2) is 7.29. The normalized spacial score (nSPS) is 17.0. The van der Waals surface area contributed by atoms with Crippen LogP contribution in [0, 0.1) is 5.41 Å². The number of fused-ring (bicyclic) bond motifs is 3. The fourth-order valence-electron chi connectivity index (χ4n) is 3.14. The van der Waals surface area contributed by atoms with Crippen LogP contribution in [-0.4, -0.2) is 45.8 Å². The number of carbonyl (C=O) groups is 1. The van der Waals surface area contributed by atoms with Crippen LogP contribution in [0.15, 0.2) is 56.8 Å². The number of anilines is 1. The molecule has 0 aromatic heterocycles. The maximum Gasteiger partial charge on any atom is 0.283 e. The number of nitrogens with zero attached hydrogens (tertiary/aromatic N) is 2. The van der Waals surface area contributed by atoms with Crippen LogP contribution in [0.25, 0.3) is 6.08 Å². The third-order valence-electron chi connectivity index (χ3n) is 4.62. The highest BCUT2D eigenvalue weighted by atomic mass is 32.2. The van der Waals surface area contributed by atoms with Gasteiger partial charge in [0.2, 0.25) is 0 Å². The molecule has 2 aliphatic heterocycles. The van der Waals surface area contributed by atoms with E-state index in [0.717, 1.165) is 18.0 Å². The number of hydrogen-bond donors (Lipinski definition) is 1. The Bertz CT molecular complexity index is 1270. The zero-order valence-electron chi connectivity index (χ0n) is 16.3. The Morgan fingerprint density at radius 2 is 1.83 bits per heavy atom. The van der Waals surface area contributed by atoms with Crippen LogP contribution >= 0.6 is 11.8 Å². The Morgan fingerprint density at radius 1 is 1.10 bits per heavy atom. The van der Waals surface area contributed by atoms with Gasteiger partial charge >= 0.3 is 0 Å². The number of amides is 1. The van der Waals surface area contributed by atoms with Gasteiger partial charge in [-0.3, -0.25) is 15.1 Å². The summed E-state index contributed by atoms with van der Waals surface area (Å²) in [5.74, 6) is 0.487. The van der Waals surface area contributed by atoms with Crippen molar-refractivity contribution >= 4 is 50.3 Å². The molecule has 1 N–H and O–H groups in total. The quantitative estimate of drug-likeness (QED) is 0.724. The highest BCUT2D eigenvalue weighted by molar-refractivity contribution is 8.15. The molecule has 2 heterocycles. The molecule has 2 aromatic carbocycles. The van der Waals surface area contributed by atoms with E-state index in [1.165, 1.54) is 26.4 Å². The molecule has 0 fully saturated rings. The van der Waals surface area contributed by atoms with Crippen LogP contribution < -0.4 is 14.4 Å². The molecule has 0 radical (unpaired) electrons. The molecular formula is C20H17N3O5S2. The zero-order valence-corrected chi connectivity index (χ0v) is 17.9. The number of benzene rings is 2. The van der Waals surface area contributed by atoms with Gasteiger partial charge in [-0.15, -0.1) is 0 Å². The fourth-order valence-corrected chi connectivity index (χ4v) is 4.91. The highest BCUT2D eigenvalue weighted by Crippen LogP contribution is 2.44. The van der Waals surface area contributed by atoms with E-state index in [1.807, 2.05) is 0 Å². The van der Waals surface area contributed by atoms with E-state index in [9.17, 15) is 13.2 Å². The largest absolute Gasteiger partial charge is 0.493 e. The van der Waals surface area contributed by atoms with Gasteiger partial charge in [-0.2, -0.15) is 4.99 Å². The molecule has 0 spiro atoms. The molecule has 0 aliphatic carbocycles. The maximum atomic E-state index is 12.6. The predicted octanol–water partition coefficient (Wildman–Crippen LogP) is 2.98. The molecule has 0 bridgehead atoms. The first-order valence-corrected chi connectivity index (χ1v) is 11.4. The minimum atomic E-state index is -3.37. The molecule has 0 atom stereocenters. The summed E-state index contributed by atoms with van der Waals surface area (Å²) in [6.07, 6.45) is 2.70. The first-order chi connectivity index (χ1) is 14.2. The number of thioether (sulfide) groups is 1. The molecule has 154 valence electrons. The topological polar surface area (TPSA) is 109 Å². The molecule has 2 aliphatic rings. The van der Waals surface area contributed by atoms with Crippen LogP contribution in [0.4, 0.5) is 5.69 Å². The lowest BCUT2D eigenvalue weighted by Crippen LogP contribution is -2.39. The second-order valence-electron chi connectivity index (χ2n) is 6.56. The lowest BCUT2D eigenvalue weighted by molar-refractivity contribution is -0.113. The Hall–Kier alpha value is -3.11. The summed E-state index contributed by atoms with van der Waals surface area (Å²) >= 11 is 1.16. The summed E-state index contributed by atoms with van der Waals surface area (Å²) in [5, 5.41) is 8.93. The van der Waals surface area contributed by atoms with E-state index in [2.05, 4.69) is 4.99 Å². The second-order valence-corrected chi connectivity index (χ2v) is 9.58. The predicted molar refractivity (Wildman–Crippen MR) is 116 cm³/mol. The molecular weight excluding hydrogens is 426 g/mol. The molecule has 30 heavy (non-hydrogen) atoms. The monoisotopic (exact) mass is 443 g/mol. The number of hydrogen-bond acceptors (Lipinski definition) is 7. The van der Waals surface area contributed by atoms with Crippen molar-refractivity contribution in [3.05, 3.63) is 47.5 Å². The van der Waals surface area contributed by atoms with Crippen molar-refractivity contribution in [1.29, 1.82) is 5.41 Å². The van der Waals surface area contributed by atoms with Crippen molar-refractivity contribution in [2.45, 2.75) is 9.79 Å². The van der Waals surface area contributed by atoms with Crippen molar-refractivity contribution in [3.63, 3.8) is 0 Å². The summed E-state index contributed by atoms with van der Waals surface area (Å²) < 4.78 is 34.2. The number of aliphatic imine (C=N–C) groups is 1. The van der Waals surface area contributed by atoms with E-state index >= 15 is 0 Å². The fraction of sp³-hybridized carbons (Fsp3) is 0.150. The lowest BCUT2D eigenvalue weighted by Gasteiger charge is -2.24. The van der Waals surface area contributed by atoms with Gasteiger partial charge in [-0.25, -0.2) is 8.42 Å². The SMILES string of the molecule is COc1ccc(/C=C2\C(=N)N3C(=NC2=O)Sc2cc(S(C)(=O)=O)ccc23)cc1OC. The number of rotatable bonds is 4. The van der Waals surface area contributed by atoms with Crippen LogP contribution in [0.3, 0.4) is 0 Å². The van der Waals surface area contributed by atoms with Gasteiger partial charge < -0.3 is 9.47 Å². The smallest absolute Gasteiger partial charge is 0.283 e. The average molecular weight is 444 g/mol. The van der Waals surface area contributed by atoms with E-state index < -0.39 is 15.7 Å². The Balaban J connectivity index is 1.75. The summed E-state index contributed by atoms with van der Waals surface area (Å²) in [7, 11) is -0.323. The summed E-state index contributed by atoms with van der Waals surface area (Å²) in [5.41, 5.74) is 1.38. The number of sulfone groups is 1. The number of carbonyl (C=O) groups excluding carboxylic acids is 1. The molecule has 4 rings (SSSR count). The summed E-state index contributed by atoms with van der Waals surface area (Å²) in [4.78, 5) is 19.1. The average Bonchev–Trinajstić information content (AvgIpc) is 3.07. The Kier molecular flexibility index (Phi) is 4.91. The minimum absolute atomic E-state index is 0.0295. The van der Waals surface area contributed by atoms with Gasteiger partial charge in [0.25, 0.3) is 5.91 Å². The zero-order chi connectivity index (χ0) is 21.6. The standard InChI is InChI=1S/C20H17N3O5S2/c1-27-15-7-4-11(9-16(15)28-2)8-13-18(21)23-14-6-5-12(30(3,25)26)10-17(14)29-20(23)22-19(13)24/h4-10,21H,1-3H3/b13-8+,21-18?. The van der Waals surface area contributed by atoms with Gasteiger partial charge in [0, 0.05) is 11.2 Å². The number of methoxy groups -OCH3 is 2. The number of nitrogens with one attached hydrogen (secondary N) is 1. The molecule has 8 nitrogen and oxygen atoms in total. The van der Waals surface area contributed by atoms with Gasteiger partial charge in [0.05, 0.1) is 30.4 Å². The Morgan fingerprint density at radius 3 is 2.50 bits per heavy atom. The summed E-state index contributed by atoms with van der Waals surface area (Å²) in [6, 6.07) is 9.81. The van der Waals surface area contributed by atoms with E-state index in [-0.39, 0.29) is 16.3 Å². The van der Waals surface area contributed by atoms with Crippen molar-refractivity contribution < 1.29 is 22.7 Å². The molecule has 1 amide bonds. The van der Waals surface area contributed by atoms with Crippen LogP contribution in [-0.2, 0) is 14.6 Å². The number of ether oxygens (including phenoxy) is 2. The van der Waals surface area contributed by atoms with Crippen molar-refractivity contribution in [2.24, 2.45) is 4.99 Å². The van der Waals surface area contributed by atoms with Crippen molar-refractivity contribution in [3.8, 4) is 11.5 Å². The first kappa shape index (κ1) is 20.2. The number of amidine groups is 2. The Labute approximate surface area is 177 Å². The van der Waals surface area contributed by atoms with Gasteiger partial charge in [0.1, 0.15) is 5.84 Å². The van der Waals surface area contributed by atoms with Gasteiger partial charge in [0.15, 0.2) is 26.5 Å². The van der Waals surface area contributed by atoms with Gasteiger partial charge in [-0.1, -0.05) is 6.07 Å². The van der Waals surface area contributed by atoms with Crippen molar-refractivity contribution in [1.82, 2.24) is 0 Å². The van der Waals surface area contributed by atoms with Gasteiger partial charge in [-0.05, 0) is 53.7 Å². The maximum absolute atomic E-state index is 12.6. The summed E-state index contributed by atoms with van der Waals surface area (Å²) in [6.45, 7) is 0. The molecule has 0 saturated heterocycles. The van der Waals surface area contributed by atoms with E-state index in [0.29, 0.717) is 32.8 Å². The van der Waals surface area contributed by atoms with Crippen LogP contribution in [0.5, 0.6) is 11.5 Å². The van der Waals surface area contributed by atoms with Crippen LogP contribution in [0.1, 0.15) is 5.56 Å². The molecule has 0 saturated carbocycles. The third kappa shape index (κ3) is 3.37. The highest BCUT2D eigenvalue weighted by Gasteiger charge is 2.38. The first-order valence-electron chi connectivity index (χ1n) is 8.70. The minimum Gasteiger partial charge on any atom is -0.493 e.